The van der Waals surface area contributed by atoms with Gasteiger partial charge in [0.15, 0.2) is 0 Å². The van der Waals surface area contributed by atoms with Crippen LogP contribution in [0.2, 0.25) is 0 Å². The summed E-state index contributed by atoms with van der Waals surface area (Å²) < 4.78 is 0. The SMILES string of the molecule is CC(C)C[C@@H]1NC(=O)[C@@H](Cc2ccccc2)NC(=O)[C@H](CCN)NC(=O)[C@H](CCN)N(C(=O)[C@H](CCN)NC(=O)[C@@H](NC(=O)[C@@H](N)Cc2c[nH]c3ccccc23)[C@@H](C)O)C(=O)[C@H]([C@@H](C)O)NC(=O)[C@H](CCN)NC(=O)[C@H](CCN)NC1=O. The predicted octanol–water partition coefficient (Wildman–Crippen LogP) is -5.55. The van der Waals surface area contributed by atoms with Crippen LogP contribution in [0.5, 0.6) is 0 Å². The van der Waals surface area contributed by atoms with E-state index in [0.717, 1.165) is 17.8 Å². The molecule has 10 amide bonds. The summed E-state index contributed by atoms with van der Waals surface area (Å²) in [6.45, 7) is 4.39. The normalized spacial score (nSPS) is 22.9. The summed E-state index contributed by atoms with van der Waals surface area (Å²) in [6, 6.07) is -0.615. The molecule has 1 aromatic heterocycles. The average Bonchev–Trinajstić information content (AvgIpc) is 4.00. The van der Waals surface area contributed by atoms with E-state index in [1.165, 1.54) is 6.92 Å². The molecule has 28 nitrogen and oxygen atoms in total. The summed E-state index contributed by atoms with van der Waals surface area (Å²) in [5.74, 6) is -11.0. The first-order valence-corrected chi connectivity index (χ1v) is 27.5. The third kappa shape index (κ3) is 19.1. The summed E-state index contributed by atoms with van der Waals surface area (Å²) in [5.41, 5.74) is 38.2. The first-order chi connectivity index (χ1) is 39.0. The number of amides is 10. The first-order valence-electron chi connectivity index (χ1n) is 27.5. The Bertz CT molecular complexity index is 2660. The van der Waals surface area contributed by atoms with E-state index in [1.807, 2.05) is 18.2 Å². The number of benzene rings is 2. The van der Waals surface area contributed by atoms with E-state index in [-0.39, 0.29) is 70.6 Å². The van der Waals surface area contributed by atoms with Gasteiger partial charge in [-0.15, -0.1) is 0 Å². The van der Waals surface area contributed by atoms with Crippen LogP contribution in [-0.2, 0) is 60.8 Å². The zero-order valence-corrected chi connectivity index (χ0v) is 46.9. The maximum absolute atomic E-state index is 15.3. The summed E-state index contributed by atoms with van der Waals surface area (Å²) in [6.07, 6.45) is -3.72. The maximum Gasteiger partial charge on any atom is 0.255 e. The van der Waals surface area contributed by atoms with Gasteiger partial charge in [0, 0.05) is 23.5 Å². The van der Waals surface area contributed by atoms with Crippen LogP contribution in [0, 0.1) is 5.92 Å². The van der Waals surface area contributed by atoms with Crippen molar-refractivity contribution < 1.29 is 58.2 Å². The lowest BCUT2D eigenvalue weighted by Crippen LogP contribution is -2.66. The summed E-state index contributed by atoms with van der Waals surface area (Å²) in [4.78, 5) is 148. The second kappa shape index (κ2) is 32.9. The number of nitrogens with one attached hydrogen (secondary N) is 9. The van der Waals surface area contributed by atoms with Gasteiger partial charge in [0.1, 0.15) is 54.4 Å². The highest BCUT2D eigenvalue weighted by atomic mass is 16.3. The van der Waals surface area contributed by atoms with Crippen LogP contribution in [0.15, 0.2) is 60.8 Å². The van der Waals surface area contributed by atoms with Crippen molar-refractivity contribution in [1.29, 1.82) is 0 Å². The molecule has 82 heavy (non-hydrogen) atoms. The van der Waals surface area contributed by atoms with Crippen molar-refractivity contribution in [2.45, 2.75) is 152 Å². The van der Waals surface area contributed by atoms with Gasteiger partial charge in [0.05, 0.1) is 18.2 Å². The zero-order valence-electron chi connectivity index (χ0n) is 46.9. The number of nitrogens with two attached hydrogens (primary N) is 6. The molecule has 0 aliphatic carbocycles. The molecule has 1 aliphatic heterocycles. The molecule has 452 valence electrons. The molecular formula is C54H84N16O12. The van der Waals surface area contributed by atoms with Gasteiger partial charge in [0.2, 0.25) is 47.3 Å². The quantitative estimate of drug-likeness (QED) is 0.0421. The number of imide groups is 1. The van der Waals surface area contributed by atoms with Crippen molar-refractivity contribution in [3.63, 3.8) is 0 Å². The van der Waals surface area contributed by atoms with Crippen molar-refractivity contribution in [3.05, 3.63) is 71.9 Å². The summed E-state index contributed by atoms with van der Waals surface area (Å²) >= 11 is 0. The van der Waals surface area contributed by atoms with Crippen LogP contribution in [0.3, 0.4) is 0 Å². The molecular weight excluding hydrogens is 1060 g/mol. The number of H-pyrrole nitrogens is 1. The van der Waals surface area contributed by atoms with Crippen molar-refractivity contribution in [2.75, 3.05) is 32.7 Å². The lowest BCUT2D eigenvalue weighted by molar-refractivity contribution is -0.158. The Morgan fingerprint density at radius 1 is 0.598 bits per heavy atom. The van der Waals surface area contributed by atoms with Gasteiger partial charge in [-0.1, -0.05) is 62.4 Å². The maximum atomic E-state index is 15.3. The molecule has 1 saturated heterocycles. The van der Waals surface area contributed by atoms with Crippen molar-refractivity contribution in [2.24, 2.45) is 40.3 Å². The smallest absolute Gasteiger partial charge is 0.255 e. The molecule has 2 heterocycles. The molecule has 2 aromatic carbocycles. The number of nitrogens with zero attached hydrogens (tertiary/aromatic N) is 1. The van der Waals surface area contributed by atoms with Gasteiger partial charge in [-0.25, -0.2) is 0 Å². The molecule has 3 aromatic rings. The lowest BCUT2D eigenvalue weighted by atomic mass is 10.00. The molecule has 0 bridgehead atoms. The predicted molar refractivity (Wildman–Crippen MR) is 302 cm³/mol. The number of para-hydroxylation sites is 1. The molecule has 1 aliphatic rings. The Morgan fingerprint density at radius 3 is 1.63 bits per heavy atom. The third-order valence-electron chi connectivity index (χ3n) is 13.7. The fourth-order valence-electron chi connectivity index (χ4n) is 9.32. The number of aliphatic hydroxyl groups is 2. The minimum Gasteiger partial charge on any atom is -0.391 e. The molecule has 12 atom stereocenters. The minimum absolute atomic E-state index is 0.00352. The number of hydrogen-bond donors (Lipinski definition) is 17. The number of aromatic amines is 1. The molecule has 28 heteroatoms. The van der Waals surface area contributed by atoms with Crippen molar-refractivity contribution >= 4 is 70.0 Å². The number of carbonyl (C=O) groups is 10. The fraction of sp³-hybridized carbons (Fsp3) is 0.556. The van der Waals surface area contributed by atoms with Crippen LogP contribution in [0.4, 0.5) is 0 Å². The monoisotopic (exact) mass is 1150 g/mol. The second-order valence-electron chi connectivity index (χ2n) is 20.8. The topological polar surface area (TPSA) is 483 Å². The highest BCUT2D eigenvalue weighted by Gasteiger charge is 2.45. The van der Waals surface area contributed by atoms with Gasteiger partial charge in [-0.05, 0) is 115 Å². The van der Waals surface area contributed by atoms with E-state index in [2.05, 4.69) is 47.5 Å². The van der Waals surface area contributed by atoms with Gasteiger partial charge in [0.25, 0.3) is 11.8 Å². The molecule has 0 unspecified atom stereocenters. The van der Waals surface area contributed by atoms with Crippen LogP contribution >= 0.6 is 0 Å². The molecule has 23 N–H and O–H groups in total. The number of carbonyl (C=O) groups excluding carboxylic acids is 10. The number of aromatic nitrogens is 1. The van der Waals surface area contributed by atoms with Gasteiger partial charge in [-0.2, -0.15) is 0 Å². The van der Waals surface area contributed by atoms with Crippen LogP contribution < -0.4 is 76.9 Å². The molecule has 0 radical (unpaired) electrons. The lowest BCUT2D eigenvalue weighted by Gasteiger charge is -2.36. The molecule has 1 fully saturated rings. The first kappa shape index (κ1) is 67.1. The average molecular weight is 1150 g/mol. The zero-order chi connectivity index (χ0) is 60.8. The number of aliphatic hydroxyl groups excluding tert-OH is 2. The summed E-state index contributed by atoms with van der Waals surface area (Å²) in [7, 11) is 0. The van der Waals surface area contributed by atoms with Crippen LogP contribution in [0.25, 0.3) is 10.9 Å². The minimum atomic E-state index is -2.14. The number of hydrogen-bond acceptors (Lipinski definition) is 18. The fourth-order valence-corrected chi connectivity index (χ4v) is 9.32. The Balaban J connectivity index is 1.86. The van der Waals surface area contributed by atoms with Gasteiger partial charge >= 0.3 is 0 Å². The Morgan fingerprint density at radius 2 is 1.10 bits per heavy atom. The largest absolute Gasteiger partial charge is 0.391 e. The summed E-state index contributed by atoms with van der Waals surface area (Å²) in [5, 5.41) is 43.2. The van der Waals surface area contributed by atoms with E-state index in [1.54, 1.807) is 56.4 Å². The highest BCUT2D eigenvalue weighted by molar-refractivity contribution is 6.07. The molecule has 0 saturated carbocycles. The van der Waals surface area contributed by atoms with Gasteiger partial charge in [-0.3, -0.25) is 52.8 Å². The van der Waals surface area contributed by atoms with Crippen LogP contribution in [0.1, 0.15) is 77.3 Å². The third-order valence-corrected chi connectivity index (χ3v) is 13.7. The second-order valence-corrected chi connectivity index (χ2v) is 20.8. The molecule has 4 rings (SSSR count). The molecule has 0 spiro atoms. The number of rotatable bonds is 23. The Labute approximate surface area is 475 Å². The Hall–Kier alpha value is -7.44. The van der Waals surface area contributed by atoms with E-state index < -0.39 is 151 Å². The Kier molecular flexibility index (Phi) is 26.9. The van der Waals surface area contributed by atoms with Crippen molar-refractivity contribution in [1.82, 2.24) is 52.4 Å². The number of fused-ring (bicyclic) bond motifs is 1. The highest BCUT2D eigenvalue weighted by Crippen LogP contribution is 2.20. The van der Waals surface area contributed by atoms with E-state index >= 15 is 9.59 Å². The van der Waals surface area contributed by atoms with Crippen molar-refractivity contribution in [3.8, 4) is 0 Å². The van der Waals surface area contributed by atoms with E-state index in [0.29, 0.717) is 16.0 Å². The van der Waals surface area contributed by atoms with E-state index in [9.17, 15) is 48.6 Å². The van der Waals surface area contributed by atoms with E-state index in [4.69, 9.17) is 34.4 Å². The standard InChI is InChI=1S/C54H84N16O12/c1-28(2)24-40-49(77)63-36(14-19-55)46(74)62-38(16-21-57)48(76)69-44(30(4)72)54(82)70(42(18-23-59)51(79)64-37(15-20-56)47(75)67-41(50(78)66-40)25-31-10-6-5-7-11-31)53(81)39(17-22-58)65-52(80)43(29(3)71)68-45(73)34(60)26-32-27-61-35-13-9-8-12-33(32)35/h5-13,27-30,34,36-44,61,71-72H,14-26,55-60H2,1-4H3,(H,62,74)(H,63,77)(H,64,79)(H,65,80)(H,66,78)(H,67,75)(H,68,73)(H,69,76)/t29-,30-,34+,36+,37+,38+,39+,40+,41-,42+,43+,44+/m1/s1. The van der Waals surface area contributed by atoms with Gasteiger partial charge < -0.3 is 92.1 Å². The van der Waals surface area contributed by atoms with Crippen LogP contribution in [-0.4, -0.2) is 185 Å².